The van der Waals surface area contributed by atoms with E-state index in [4.69, 9.17) is 9.47 Å². The number of esters is 2. The minimum atomic E-state index is -0.0164. The van der Waals surface area contributed by atoms with Crippen molar-refractivity contribution in [2.24, 2.45) is 0 Å². The summed E-state index contributed by atoms with van der Waals surface area (Å²) in [7, 11) is 2.21. The molecule has 5 nitrogen and oxygen atoms in total. The Bertz CT molecular complexity index is 653. The lowest BCUT2D eigenvalue weighted by atomic mass is 10.0. The van der Waals surface area contributed by atoms with Gasteiger partial charge in [0.15, 0.2) is 0 Å². The molecule has 0 radical (unpaired) electrons. The van der Waals surface area contributed by atoms with Crippen molar-refractivity contribution in [1.82, 2.24) is 4.90 Å². The van der Waals surface area contributed by atoms with E-state index in [1.54, 1.807) is 0 Å². The average Bonchev–Trinajstić information content (AvgIpc) is 3.07. The standard InChI is InChI=1S/C43H85NO4/c1-5-8-11-14-17-18-19-25-33-40-47-42(45)36-30-26-32-39-44(4)38-31-24-20-23-29-37-43(46)48-41(34-27-21-15-12-9-6-2)35-28-22-16-13-10-7-3/h41H,5-40H2,1-4H3. The quantitative estimate of drug-likeness (QED) is 0.0478. The first-order valence-corrected chi connectivity index (χ1v) is 21.6. The number of hydrogen-bond donors (Lipinski definition) is 0. The summed E-state index contributed by atoms with van der Waals surface area (Å²) in [6.45, 7) is 9.61. The number of hydrogen-bond acceptors (Lipinski definition) is 5. The highest BCUT2D eigenvalue weighted by atomic mass is 16.5. The SMILES string of the molecule is CCCCCCCCCCCOC(=O)CCCCCN(C)CCCCCCCC(=O)OC(CCCCCCCC)CCCCCCCC. The second-order valence-corrected chi connectivity index (χ2v) is 14.9. The van der Waals surface area contributed by atoms with Crippen molar-refractivity contribution < 1.29 is 19.1 Å². The topological polar surface area (TPSA) is 55.8 Å². The van der Waals surface area contributed by atoms with Crippen molar-refractivity contribution in [3.05, 3.63) is 0 Å². The first kappa shape index (κ1) is 46.9. The van der Waals surface area contributed by atoms with Crippen molar-refractivity contribution >= 4 is 11.9 Å². The van der Waals surface area contributed by atoms with E-state index in [1.165, 1.54) is 148 Å². The molecule has 0 amide bonds. The van der Waals surface area contributed by atoms with Crippen LogP contribution in [0, 0.1) is 0 Å². The molecule has 0 spiro atoms. The third-order valence-electron chi connectivity index (χ3n) is 9.91. The summed E-state index contributed by atoms with van der Waals surface area (Å²) in [4.78, 5) is 27.1. The Hall–Kier alpha value is -1.10. The normalized spacial score (nSPS) is 11.5. The van der Waals surface area contributed by atoms with Crippen LogP contribution in [-0.4, -0.2) is 49.7 Å². The molecule has 0 aliphatic carbocycles. The third-order valence-corrected chi connectivity index (χ3v) is 9.91. The van der Waals surface area contributed by atoms with Gasteiger partial charge in [0.2, 0.25) is 0 Å². The Morgan fingerprint density at radius 3 is 1.27 bits per heavy atom. The van der Waals surface area contributed by atoms with Crippen LogP contribution in [0.5, 0.6) is 0 Å². The summed E-state index contributed by atoms with van der Waals surface area (Å²) in [6.07, 6.45) is 39.3. The molecule has 0 aromatic rings. The van der Waals surface area contributed by atoms with Crippen LogP contribution >= 0.6 is 0 Å². The van der Waals surface area contributed by atoms with Crippen molar-refractivity contribution in [2.75, 3.05) is 26.7 Å². The van der Waals surface area contributed by atoms with Gasteiger partial charge in [0.1, 0.15) is 6.10 Å². The summed E-state index contributed by atoms with van der Waals surface area (Å²) in [5.41, 5.74) is 0. The lowest BCUT2D eigenvalue weighted by molar-refractivity contribution is -0.150. The van der Waals surface area contributed by atoms with Crippen molar-refractivity contribution in [2.45, 2.75) is 239 Å². The van der Waals surface area contributed by atoms with Crippen LogP contribution in [-0.2, 0) is 19.1 Å². The molecule has 0 saturated heterocycles. The molecule has 0 aliphatic heterocycles. The Labute approximate surface area is 300 Å². The molecule has 0 saturated carbocycles. The molecule has 0 N–H and O–H groups in total. The van der Waals surface area contributed by atoms with Crippen LogP contribution in [0.15, 0.2) is 0 Å². The van der Waals surface area contributed by atoms with Gasteiger partial charge in [0, 0.05) is 12.8 Å². The van der Waals surface area contributed by atoms with Crippen LogP contribution in [0.25, 0.3) is 0 Å². The molecule has 0 aromatic heterocycles. The maximum Gasteiger partial charge on any atom is 0.306 e. The van der Waals surface area contributed by atoms with Gasteiger partial charge in [-0.15, -0.1) is 0 Å². The van der Waals surface area contributed by atoms with Gasteiger partial charge in [0.05, 0.1) is 6.61 Å². The predicted molar refractivity (Wildman–Crippen MR) is 208 cm³/mol. The molecule has 0 rings (SSSR count). The van der Waals surface area contributed by atoms with Gasteiger partial charge < -0.3 is 14.4 Å². The van der Waals surface area contributed by atoms with Gasteiger partial charge >= 0.3 is 11.9 Å². The van der Waals surface area contributed by atoms with Crippen LogP contribution in [0.4, 0.5) is 0 Å². The smallest absolute Gasteiger partial charge is 0.306 e. The second kappa shape index (κ2) is 38.7. The van der Waals surface area contributed by atoms with Crippen LogP contribution in [0.2, 0.25) is 0 Å². The molecule has 286 valence electrons. The predicted octanol–water partition coefficient (Wildman–Crippen LogP) is 13.3. The summed E-state index contributed by atoms with van der Waals surface area (Å²) in [5, 5.41) is 0. The summed E-state index contributed by atoms with van der Waals surface area (Å²) in [6, 6.07) is 0. The van der Waals surface area contributed by atoms with E-state index in [0.29, 0.717) is 19.4 Å². The Balaban J connectivity index is 3.76. The molecule has 0 atom stereocenters. The monoisotopic (exact) mass is 680 g/mol. The highest BCUT2D eigenvalue weighted by molar-refractivity contribution is 5.69. The number of rotatable bonds is 39. The molecular weight excluding hydrogens is 594 g/mol. The fourth-order valence-electron chi connectivity index (χ4n) is 6.60. The zero-order valence-corrected chi connectivity index (χ0v) is 33.1. The van der Waals surface area contributed by atoms with Crippen molar-refractivity contribution in [3.8, 4) is 0 Å². The van der Waals surface area contributed by atoms with Crippen molar-refractivity contribution in [1.29, 1.82) is 0 Å². The summed E-state index contributed by atoms with van der Waals surface area (Å²) < 4.78 is 11.4. The highest BCUT2D eigenvalue weighted by Crippen LogP contribution is 2.18. The van der Waals surface area contributed by atoms with Gasteiger partial charge in [-0.1, -0.05) is 162 Å². The Morgan fingerprint density at radius 2 is 0.792 bits per heavy atom. The van der Waals surface area contributed by atoms with E-state index in [1.807, 2.05) is 0 Å². The molecular formula is C43H85NO4. The zero-order valence-electron chi connectivity index (χ0n) is 33.1. The van der Waals surface area contributed by atoms with E-state index in [-0.39, 0.29) is 18.0 Å². The molecule has 0 bridgehead atoms. The van der Waals surface area contributed by atoms with Crippen LogP contribution < -0.4 is 0 Å². The van der Waals surface area contributed by atoms with E-state index in [9.17, 15) is 9.59 Å². The number of nitrogens with zero attached hydrogens (tertiary/aromatic N) is 1. The second-order valence-electron chi connectivity index (χ2n) is 14.9. The fourth-order valence-corrected chi connectivity index (χ4v) is 6.60. The van der Waals surface area contributed by atoms with E-state index in [2.05, 4.69) is 32.7 Å². The molecule has 0 unspecified atom stereocenters. The van der Waals surface area contributed by atoms with E-state index >= 15 is 0 Å². The average molecular weight is 680 g/mol. The largest absolute Gasteiger partial charge is 0.466 e. The number of ether oxygens (including phenoxy) is 2. The number of unbranched alkanes of at least 4 members (excludes halogenated alkanes) is 24. The van der Waals surface area contributed by atoms with Crippen LogP contribution in [0.3, 0.4) is 0 Å². The third kappa shape index (κ3) is 36.2. The summed E-state index contributed by atoms with van der Waals surface area (Å²) in [5.74, 6) is 0.0149. The van der Waals surface area contributed by atoms with Crippen molar-refractivity contribution in [3.63, 3.8) is 0 Å². The maximum absolute atomic E-state index is 12.6. The first-order valence-electron chi connectivity index (χ1n) is 21.6. The highest BCUT2D eigenvalue weighted by Gasteiger charge is 2.14. The minimum absolute atomic E-state index is 0.0164. The number of carbonyl (C=O) groups is 2. The van der Waals surface area contributed by atoms with E-state index < -0.39 is 0 Å². The molecule has 0 fully saturated rings. The minimum Gasteiger partial charge on any atom is -0.466 e. The number of carbonyl (C=O) groups excluding carboxylic acids is 2. The molecule has 0 heterocycles. The summed E-state index contributed by atoms with van der Waals surface area (Å²) >= 11 is 0. The van der Waals surface area contributed by atoms with Crippen LogP contribution in [0.1, 0.15) is 233 Å². The van der Waals surface area contributed by atoms with Gasteiger partial charge in [-0.25, -0.2) is 0 Å². The van der Waals surface area contributed by atoms with Gasteiger partial charge in [-0.3, -0.25) is 9.59 Å². The van der Waals surface area contributed by atoms with Gasteiger partial charge in [-0.2, -0.15) is 0 Å². The van der Waals surface area contributed by atoms with Gasteiger partial charge in [-0.05, 0) is 77.9 Å². The Kier molecular flexibility index (Phi) is 37.8. The lowest BCUT2D eigenvalue weighted by Crippen LogP contribution is -2.21. The molecule has 48 heavy (non-hydrogen) atoms. The maximum atomic E-state index is 12.6. The molecule has 0 aromatic carbocycles. The van der Waals surface area contributed by atoms with Gasteiger partial charge in [0.25, 0.3) is 0 Å². The Morgan fingerprint density at radius 1 is 0.438 bits per heavy atom. The fraction of sp³-hybridized carbons (Fsp3) is 0.953. The first-order chi connectivity index (χ1) is 23.5. The lowest BCUT2D eigenvalue weighted by Gasteiger charge is -2.18. The van der Waals surface area contributed by atoms with E-state index in [0.717, 1.165) is 64.5 Å². The zero-order chi connectivity index (χ0) is 35.2. The molecule has 5 heteroatoms. The molecule has 0 aliphatic rings.